The van der Waals surface area contributed by atoms with Gasteiger partial charge in [-0.05, 0) is 30.0 Å². The maximum Gasteiger partial charge on any atom is 0.122 e. The van der Waals surface area contributed by atoms with Crippen LogP contribution in [0.1, 0.15) is 29.3 Å². The van der Waals surface area contributed by atoms with E-state index >= 15 is 0 Å². The Balaban J connectivity index is 1.66. The first kappa shape index (κ1) is 13.0. The molecule has 0 spiro atoms. The Morgan fingerprint density at radius 3 is 3.10 bits per heavy atom. The van der Waals surface area contributed by atoms with Crippen molar-refractivity contribution in [3.63, 3.8) is 0 Å². The molecule has 1 aromatic heterocycles. The number of aryl methyl sites for hydroxylation is 1. The number of nitrogens with zero attached hydrogens (tertiary/aromatic N) is 2. The first-order valence-electron chi connectivity index (χ1n) is 6.83. The summed E-state index contributed by atoms with van der Waals surface area (Å²) in [5.41, 5.74) is 6.30. The van der Waals surface area contributed by atoms with E-state index in [1.165, 1.54) is 11.1 Å². The first-order chi connectivity index (χ1) is 9.86. The first-order valence-corrected chi connectivity index (χ1v) is 6.83. The zero-order valence-electron chi connectivity index (χ0n) is 11.2. The highest BCUT2D eigenvalue weighted by atomic mass is 16.5. The molecular weight excluding hydrogens is 252 g/mol. The number of rotatable bonds is 5. The van der Waals surface area contributed by atoms with Crippen molar-refractivity contribution in [2.24, 2.45) is 5.84 Å². The van der Waals surface area contributed by atoms with Crippen LogP contribution in [-0.4, -0.2) is 16.6 Å². The summed E-state index contributed by atoms with van der Waals surface area (Å²) in [7, 11) is 0. The van der Waals surface area contributed by atoms with E-state index in [2.05, 4.69) is 33.6 Å². The molecule has 0 bridgehead atoms. The van der Waals surface area contributed by atoms with E-state index in [1.54, 1.807) is 18.6 Å². The summed E-state index contributed by atoms with van der Waals surface area (Å²) in [6, 6.07) is 6.43. The summed E-state index contributed by atoms with van der Waals surface area (Å²) in [4.78, 5) is 8.38. The van der Waals surface area contributed by atoms with Gasteiger partial charge >= 0.3 is 0 Å². The second-order valence-corrected chi connectivity index (χ2v) is 4.93. The number of fused-ring (bicyclic) bond motifs is 1. The number of aromatic nitrogens is 2. The Kier molecular flexibility index (Phi) is 3.90. The average molecular weight is 270 g/mol. The molecule has 3 N–H and O–H groups in total. The second-order valence-electron chi connectivity index (χ2n) is 4.93. The highest BCUT2D eigenvalue weighted by molar-refractivity contribution is 5.39. The summed E-state index contributed by atoms with van der Waals surface area (Å²) < 4.78 is 5.52. The molecule has 1 aromatic carbocycles. The third-order valence-corrected chi connectivity index (χ3v) is 3.62. The lowest BCUT2D eigenvalue weighted by atomic mass is 10.0. The van der Waals surface area contributed by atoms with Crippen molar-refractivity contribution in [3.8, 4) is 5.75 Å². The van der Waals surface area contributed by atoms with E-state index in [9.17, 15) is 0 Å². The molecule has 0 fully saturated rings. The van der Waals surface area contributed by atoms with Crippen LogP contribution in [0, 0.1) is 0 Å². The van der Waals surface area contributed by atoms with Crippen LogP contribution in [0.5, 0.6) is 5.75 Å². The van der Waals surface area contributed by atoms with Gasteiger partial charge in [-0.3, -0.25) is 21.2 Å². The zero-order chi connectivity index (χ0) is 13.8. The molecule has 0 amide bonds. The predicted octanol–water partition coefficient (Wildman–Crippen LogP) is 1.55. The summed E-state index contributed by atoms with van der Waals surface area (Å²) >= 11 is 0. The third kappa shape index (κ3) is 2.79. The molecule has 104 valence electrons. The van der Waals surface area contributed by atoms with Crippen LogP contribution in [0.3, 0.4) is 0 Å². The summed E-state index contributed by atoms with van der Waals surface area (Å²) in [6.45, 7) is 0.797. The van der Waals surface area contributed by atoms with E-state index in [4.69, 9.17) is 10.6 Å². The van der Waals surface area contributed by atoms with Crippen LogP contribution in [0.2, 0.25) is 0 Å². The molecule has 1 atom stereocenters. The van der Waals surface area contributed by atoms with Crippen LogP contribution in [0.15, 0.2) is 36.8 Å². The van der Waals surface area contributed by atoms with Gasteiger partial charge in [-0.1, -0.05) is 12.1 Å². The molecule has 2 heterocycles. The number of hydrazine groups is 1. The molecule has 1 aliphatic heterocycles. The zero-order valence-corrected chi connectivity index (χ0v) is 11.2. The van der Waals surface area contributed by atoms with Gasteiger partial charge in [0.2, 0.25) is 0 Å². The lowest BCUT2D eigenvalue weighted by Crippen LogP contribution is -2.29. The van der Waals surface area contributed by atoms with Gasteiger partial charge in [0.15, 0.2) is 0 Å². The fourth-order valence-corrected chi connectivity index (χ4v) is 2.51. The Bertz CT molecular complexity index is 573. The third-order valence-electron chi connectivity index (χ3n) is 3.62. The van der Waals surface area contributed by atoms with Crippen LogP contribution < -0.4 is 16.0 Å². The smallest absolute Gasteiger partial charge is 0.122 e. The lowest BCUT2D eigenvalue weighted by Gasteiger charge is -2.14. The summed E-state index contributed by atoms with van der Waals surface area (Å²) in [5.74, 6) is 6.65. The molecule has 5 heteroatoms. The minimum atomic E-state index is 0.0215. The molecule has 3 rings (SSSR count). The summed E-state index contributed by atoms with van der Waals surface area (Å²) in [5, 5.41) is 0. The fraction of sp³-hybridized carbons (Fsp3) is 0.333. The van der Waals surface area contributed by atoms with Crippen molar-refractivity contribution in [3.05, 3.63) is 53.6 Å². The van der Waals surface area contributed by atoms with Gasteiger partial charge in [0, 0.05) is 18.8 Å². The van der Waals surface area contributed by atoms with E-state index in [1.807, 2.05) is 0 Å². The molecule has 0 saturated heterocycles. The monoisotopic (exact) mass is 270 g/mol. The number of ether oxygens (including phenoxy) is 1. The number of hydrogen-bond donors (Lipinski definition) is 2. The van der Waals surface area contributed by atoms with Crippen LogP contribution >= 0.6 is 0 Å². The number of nitrogens with one attached hydrogen (secondary N) is 1. The molecule has 20 heavy (non-hydrogen) atoms. The summed E-state index contributed by atoms with van der Waals surface area (Å²) in [6.07, 6.45) is 7.94. The topological polar surface area (TPSA) is 73.1 Å². The quantitative estimate of drug-likeness (QED) is 0.637. The Morgan fingerprint density at radius 1 is 1.35 bits per heavy atom. The lowest BCUT2D eigenvalue weighted by molar-refractivity contribution is 0.357. The molecular formula is C15H18N4O. The molecule has 2 aromatic rings. The normalized spacial score (nSPS) is 14.7. The Morgan fingerprint density at radius 2 is 2.30 bits per heavy atom. The van der Waals surface area contributed by atoms with E-state index in [-0.39, 0.29) is 6.04 Å². The van der Waals surface area contributed by atoms with Gasteiger partial charge in [-0.25, -0.2) is 0 Å². The minimum absolute atomic E-state index is 0.0215. The van der Waals surface area contributed by atoms with Crippen molar-refractivity contribution in [1.82, 2.24) is 15.4 Å². The number of benzene rings is 1. The highest BCUT2D eigenvalue weighted by Gasteiger charge is 2.14. The van der Waals surface area contributed by atoms with Gasteiger partial charge in [0.05, 0.1) is 24.5 Å². The van der Waals surface area contributed by atoms with Gasteiger partial charge < -0.3 is 4.74 Å². The predicted molar refractivity (Wildman–Crippen MR) is 76.1 cm³/mol. The van der Waals surface area contributed by atoms with Crippen LogP contribution in [0.25, 0.3) is 0 Å². The second kappa shape index (κ2) is 5.98. The maximum absolute atomic E-state index is 5.62. The van der Waals surface area contributed by atoms with E-state index in [0.29, 0.717) is 0 Å². The van der Waals surface area contributed by atoms with Gasteiger partial charge in [0.25, 0.3) is 0 Å². The van der Waals surface area contributed by atoms with Crippen molar-refractivity contribution in [1.29, 1.82) is 0 Å². The largest absolute Gasteiger partial charge is 0.493 e. The molecule has 0 aliphatic carbocycles. The van der Waals surface area contributed by atoms with Crippen LogP contribution in [-0.2, 0) is 12.8 Å². The van der Waals surface area contributed by atoms with Gasteiger partial charge in [-0.2, -0.15) is 0 Å². The molecule has 0 radical (unpaired) electrons. The molecule has 0 saturated carbocycles. The highest BCUT2D eigenvalue weighted by Crippen LogP contribution is 2.27. The molecule has 1 aliphatic rings. The molecule has 5 nitrogen and oxygen atoms in total. The molecule has 1 unspecified atom stereocenters. The SMILES string of the molecule is NNC(CCc1ccc2c(c1)CCO2)c1cnccn1. The van der Waals surface area contributed by atoms with Crippen molar-refractivity contribution in [2.75, 3.05) is 6.61 Å². The van der Waals surface area contributed by atoms with E-state index in [0.717, 1.165) is 37.3 Å². The maximum atomic E-state index is 5.62. The van der Waals surface area contributed by atoms with Gasteiger partial charge in [0.1, 0.15) is 5.75 Å². The van der Waals surface area contributed by atoms with Crippen molar-refractivity contribution < 1.29 is 4.74 Å². The van der Waals surface area contributed by atoms with Crippen molar-refractivity contribution in [2.45, 2.75) is 25.3 Å². The van der Waals surface area contributed by atoms with Gasteiger partial charge in [-0.15, -0.1) is 0 Å². The number of hydrogen-bond acceptors (Lipinski definition) is 5. The van der Waals surface area contributed by atoms with Crippen molar-refractivity contribution >= 4 is 0 Å². The van der Waals surface area contributed by atoms with E-state index < -0.39 is 0 Å². The Hall–Kier alpha value is -1.98. The number of nitrogens with two attached hydrogens (primary N) is 1. The minimum Gasteiger partial charge on any atom is -0.493 e. The standard InChI is InChI=1S/C15H18N4O/c16-19-13(14-10-17-6-7-18-14)3-1-11-2-4-15-12(9-11)5-8-20-15/h2,4,6-7,9-10,13,19H,1,3,5,8,16H2. The van der Waals surface area contributed by atoms with Crippen LogP contribution in [0.4, 0.5) is 0 Å². The average Bonchev–Trinajstić information content (AvgIpc) is 2.96. The Labute approximate surface area is 118 Å². The fourth-order valence-electron chi connectivity index (χ4n) is 2.51.